The molecule has 3 rings (SSSR count). The standard InChI is InChI=1S/C14H21N5O/c1-15-13-8-16-12(7-17-13)14(20)19-6-5-10-3-4-11(9-19)18(10)2/h7-8,10-11H,3-6,9H2,1-2H3,(H,15,17). The lowest BCUT2D eigenvalue weighted by Crippen LogP contribution is -2.40. The highest BCUT2D eigenvalue weighted by Gasteiger charge is 2.36. The summed E-state index contributed by atoms with van der Waals surface area (Å²) in [5.41, 5.74) is 0.435. The summed E-state index contributed by atoms with van der Waals surface area (Å²) >= 11 is 0. The van der Waals surface area contributed by atoms with Crippen LogP contribution in [0.2, 0.25) is 0 Å². The Bertz CT molecular complexity index is 489. The molecule has 20 heavy (non-hydrogen) atoms. The second-order valence-corrected chi connectivity index (χ2v) is 5.63. The van der Waals surface area contributed by atoms with Crippen LogP contribution in [0.4, 0.5) is 5.82 Å². The zero-order chi connectivity index (χ0) is 14.1. The van der Waals surface area contributed by atoms with Crippen LogP contribution in [0, 0.1) is 0 Å². The molecule has 1 aromatic rings. The fourth-order valence-electron chi connectivity index (χ4n) is 3.22. The van der Waals surface area contributed by atoms with Gasteiger partial charge in [0, 0.05) is 32.2 Å². The summed E-state index contributed by atoms with van der Waals surface area (Å²) in [5.74, 6) is 0.678. The van der Waals surface area contributed by atoms with Gasteiger partial charge in [-0.1, -0.05) is 0 Å². The Hall–Kier alpha value is -1.69. The molecule has 2 saturated heterocycles. The maximum Gasteiger partial charge on any atom is 0.274 e. The van der Waals surface area contributed by atoms with Crippen molar-refractivity contribution >= 4 is 11.7 Å². The summed E-state index contributed by atoms with van der Waals surface area (Å²) in [6.07, 6.45) is 6.67. The quantitative estimate of drug-likeness (QED) is 0.866. The van der Waals surface area contributed by atoms with Crippen molar-refractivity contribution in [3.63, 3.8) is 0 Å². The van der Waals surface area contributed by atoms with E-state index in [1.807, 2.05) is 4.90 Å². The van der Waals surface area contributed by atoms with Crippen LogP contribution in [0.5, 0.6) is 0 Å². The van der Waals surface area contributed by atoms with Gasteiger partial charge in [-0.05, 0) is 26.3 Å². The number of likely N-dealkylation sites (N-methyl/N-ethyl adjacent to an activating group) is 1. The van der Waals surface area contributed by atoms with E-state index in [1.54, 1.807) is 19.4 Å². The first kappa shape index (κ1) is 13.3. The minimum Gasteiger partial charge on any atom is -0.372 e. The van der Waals surface area contributed by atoms with Crippen molar-refractivity contribution in [1.82, 2.24) is 19.8 Å². The SMILES string of the molecule is CNc1cnc(C(=O)N2CCC3CCC(C2)N3C)cn1. The van der Waals surface area contributed by atoms with Crippen LogP contribution in [0.1, 0.15) is 29.8 Å². The Morgan fingerprint density at radius 3 is 2.75 bits per heavy atom. The Kier molecular flexibility index (Phi) is 3.56. The lowest BCUT2D eigenvalue weighted by atomic mass is 10.1. The van der Waals surface area contributed by atoms with E-state index in [0.29, 0.717) is 23.6 Å². The number of hydrogen-bond acceptors (Lipinski definition) is 5. The molecule has 0 aliphatic carbocycles. The molecule has 6 nitrogen and oxygen atoms in total. The summed E-state index contributed by atoms with van der Waals surface area (Å²) in [5, 5.41) is 2.91. The number of hydrogen-bond donors (Lipinski definition) is 1. The van der Waals surface area contributed by atoms with Gasteiger partial charge in [0.15, 0.2) is 0 Å². The number of nitrogens with zero attached hydrogens (tertiary/aromatic N) is 4. The van der Waals surface area contributed by atoms with E-state index < -0.39 is 0 Å². The molecule has 0 saturated carbocycles. The highest BCUT2D eigenvalue weighted by atomic mass is 16.2. The molecule has 2 aliphatic rings. The molecule has 2 bridgehead atoms. The van der Waals surface area contributed by atoms with E-state index in [0.717, 1.165) is 19.5 Å². The lowest BCUT2D eigenvalue weighted by Gasteiger charge is -2.25. The molecule has 1 aromatic heterocycles. The Morgan fingerprint density at radius 1 is 1.25 bits per heavy atom. The zero-order valence-electron chi connectivity index (χ0n) is 12.0. The second kappa shape index (κ2) is 5.36. The van der Waals surface area contributed by atoms with Gasteiger partial charge in [-0.2, -0.15) is 0 Å². The highest BCUT2D eigenvalue weighted by Crippen LogP contribution is 2.28. The highest BCUT2D eigenvalue weighted by molar-refractivity contribution is 5.92. The number of fused-ring (bicyclic) bond motifs is 2. The van der Waals surface area contributed by atoms with Crippen LogP contribution in [0.3, 0.4) is 0 Å². The monoisotopic (exact) mass is 275 g/mol. The lowest BCUT2D eigenvalue weighted by molar-refractivity contribution is 0.0734. The molecule has 0 spiro atoms. The topological polar surface area (TPSA) is 61.4 Å². The first-order chi connectivity index (χ1) is 9.69. The van der Waals surface area contributed by atoms with Crippen LogP contribution in [0.15, 0.2) is 12.4 Å². The Labute approximate surface area is 119 Å². The smallest absolute Gasteiger partial charge is 0.274 e. The minimum absolute atomic E-state index is 0.00102. The van der Waals surface area contributed by atoms with E-state index >= 15 is 0 Å². The van der Waals surface area contributed by atoms with Crippen LogP contribution in [-0.2, 0) is 0 Å². The van der Waals surface area contributed by atoms with E-state index in [1.165, 1.54) is 12.8 Å². The van der Waals surface area contributed by atoms with E-state index in [9.17, 15) is 4.79 Å². The van der Waals surface area contributed by atoms with Crippen molar-refractivity contribution < 1.29 is 4.79 Å². The number of likely N-dealkylation sites (tertiary alicyclic amines) is 1. The molecular weight excluding hydrogens is 254 g/mol. The summed E-state index contributed by atoms with van der Waals surface area (Å²) < 4.78 is 0. The van der Waals surface area contributed by atoms with Crippen LogP contribution in [0.25, 0.3) is 0 Å². The number of aromatic nitrogens is 2. The summed E-state index contributed by atoms with van der Waals surface area (Å²) in [4.78, 5) is 25.3. The van der Waals surface area contributed by atoms with Gasteiger partial charge in [-0.3, -0.25) is 9.69 Å². The summed E-state index contributed by atoms with van der Waals surface area (Å²) in [6, 6.07) is 1.13. The van der Waals surface area contributed by atoms with Crippen molar-refractivity contribution in [2.24, 2.45) is 0 Å². The predicted octanol–water partition coefficient (Wildman–Crippen LogP) is 0.827. The van der Waals surface area contributed by atoms with Gasteiger partial charge in [0.2, 0.25) is 0 Å². The minimum atomic E-state index is 0.00102. The fraction of sp³-hybridized carbons (Fsp3) is 0.643. The van der Waals surface area contributed by atoms with Crippen LogP contribution < -0.4 is 5.32 Å². The van der Waals surface area contributed by atoms with Crippen LogP contribution >= 0.6 is 0 Å². The molecular formula is C14H21N5O. The third-order valence-electron chi connectivity index (χ3n) is 4.56. The van der Waals surface area contributed by atoms with Gasteiger partial charge < -0.3 is 10.2 Å². The van der Waals surface area contributed by atoms with E-state index in [2.05, 4.69) is 27.2 Å². The number of anilines is 1. The Morgan fingerprint density at radius 2 is 2.05 bits per heavy atom. The summed E-state index contributed by atoms with van der Waals surface area (Å²) in [7, 11) is 3.96. The molecule has 2 fully saturated rings. The Balaban J connectivity index is 1.73. The van der Waals surface area contributed by atoms with Gasteiger partial charge in [0.25, 0.3) is 5.91 Å². The predicted molar refractivity (Wildman–Crippen MR) is 76.7 cm³/mol. The largest absolute Gasteiger partial charge is 0.372 e. The first-order valence-electron chi connectivity index (χ1n) is 7.20. The zero-order valence-corrected chi connectivity index (χ0v) is 12.0. The van der Waals surface area contributed by atoms with Gasteiger partial charge in [-0.25, -0.2) is 9.97 Å². The molecule has 0 radical (unpaired) electrons. The molecule has 2 aliphatic heterocycles. The maximum absolute atomic E-state index is 12.5. The number of amides is 1. The molecule has 1 N–H and O–H groups in total. The van der Waals surface area contributed by atoms with Crippen molar-refractivity contribution in [2.45, 2.75) is 31.3 Å². The molecule has 0 aromatic carbocycles. The molecule has 6 heteroatoms. The van der Waals surface area contributed by atoms with Crippen molar-refractivity contribution in [2.75, 3.05) is 32.5 Å². The van der Waals surface area contributed by atoms with Gasteiger partial charge >= 0.3 is 0 Å². The van der Waals surface area contributed by atoms with Crippen molar-refractivity contribution in [3.05, 3.63) is 18.1 Å². The van der Waals surface area contributed by atoms with E-state index in [4.69, 9.17) is 0 Å². The molecule has 3 heterocycles. The van der Waals surface area contributed by atoms with Crippen LogP contribution in [-0.4, -0.2) is 64.9 Å². The number of nitrogens with one attached hydrogen (secondary N) is 1. The van der Waals surface area contributed by atoms with E-state index in [-0.39, 0.29) is 5.91 Å². The third-order valence-corrected chi connectivity index (χ3v) is 4.56. The molecule has 2 unspecified atom stereocenters. The summed E-state index contributed by atoms with van der Waals surface area (Å²) in [6.45, 7) is 1.63. The second-order valence-electron chi connectivity index (χ2n) is 5.63. The normalized spacial score (nSPS) is 26.4. The third kappa shape index (κ3) is 2.35. The first-order valence-corrected chi connectivity index (χ1v) is 7.20. The fourth-order valence-corrected chi connectivity index (χ4v) is 3.22. The van der Waals surface area contributed by atoms with Gasteiger partial charge in [-0.15, -0.1) is 0 Å². The average Bonchev–Trinajstić information content (AvgIpc) is 2.72. The van der Waals surface area contributed by atoms with Gasteiger partial charge in [0.05, 0.1) is 12.4 Å². The number of carbonyl (C=O) groups excluding carboxylic acids is 1. The maximum atomic E-state index is 12.5. The molecule has 1 amide bonds. The number of carbonyl (C=O) groups is 1. The van der Waals surface area contributed by atoms with Crippen molar-refractivity contribution in [3.8, 4) is 0 Å². The molecule has 2 atom stereocenters. The average molecular weight is 275 g/mol. The van der Waals surface area contributed by atoms with Crippen molar-refractivity contribution in [1.29, 1.82) is 0 Å². The number of rotatable bonds is 2. The van der Waals surface area contributed by atoms with Gasteiger partial charge in [0.1, 0.15) is 11.5 Å². The molecule has 108 valence electrons.